The Morgan fingerprint density at radius 2 is 1.84 bits per heavy atom. The number of rotatable bonds is 5. The quantitative estimate of drug-likeness (QED) is 0.808. The molecule has 3 rings (SSSR count). The van der Waals surface area contributed by atoms with Gasteiger partial charge in [-0.1, -0.05) is 12.1 Å². The molecule has 25 heavy (non-hydrogen) atoms. The molecule has 0 unspecified atom stereocenters. The maximum Gasteiger partial charge on any atom is 0.246 e. The molecule has 136 valence electrons. The van der Waals surface area contributed by atoms with Gasteiger partial charge in [0.15, 0.2) is 0 Å². The third kappa shape index (κ3) is 3.36. The summed E-state index contributed by atoms with van der Waals surface area (Å²) in [4.78, 5) is 2.47. The lowest BCUT2D eigenvalue weighted by molar-refractivity contribution is 0.378. The summed E-state index contributed by atoms with van der Waals surface area (Å²) in [6.07, 6.45) is 1.62. The van der Waals surface area contributed by atoms with E-state index in [1.54, 1.807) is 29.2 Å². The molecule has 1 aliphatic heterocycles. The minimum Gasteiger partial charge on any atom is -0.495 e. The molecule has 0 saturated carbocycles. The number of sulfonamides is 1. The number of piperazine rings is 1. The lowest BCUT2D eigenvalue weighted by Gasteiger charge is -2.35. The number of methoxy groups -OCH3 is 1. The average molecular weight is 364 g/mol. The third-order valence-corrected chi connectivity index (χ3v) is 6.51. The van der Waals surface area contributed by atoms with E-state index in [4.69, 9.17) is 4.74 Å². The Hall–Kier alpha value is -2.06. The smallest absolute Gasteiger partial charge is 0.246 e. The average Bonchev–Trinajstić information content (AvgIpc) is 3.03. The Balaban J connectivity index is 1.76. The number of para-hydroxylation sites is 2. The van der Waals surface area contributed by atoms with Gasteiger partial charge in [-0.3, -0.25) is 4.68 Å². The monoisotopic (exact) mass is 364 g/mol. The Kier molecular flexibility index (Phi) is 5.01. The lowest BCUT2D eigenvalue weighted by Crippen LogP contribution is -2.48. The summed E-state index contributed by atoms with van der Waals surface area (Å²) >= 11 is 0. The first-order chi connectivity index (χ1) is 12.0. The van der Waals surface area contributed by atoms with E-state index >= 15 is 0 Å². The van der Waals surface area contributed by atoms with E-state index in [1.165, 1.54) is 0 Å². The summed E-state index contributed by atoms with van der Waals surface area (Å²) in [6.45, 7) is 6.46. The molecular weight excluding hydrogens is 340 g/mol. The Bertz CT molecular complexity index is 839. The van der Waals surface area contributed by atoms with Crippen molar-refractivity contribution in [2.45, 2.75) is 25.3 Å². The first-order valence-electron chi connectivity index (χ1n) is 8.39. The molecular formula is C17H24N4O3S. The van der Waals surface area contributed by atoms with Crippen molar-refractivity contribution in [1.29, 1.82) is 0 Å². The van der Waals surface area contributed by atoms with Crippen LogP contribution in [0.5, 0.6) is 5.75 Å². The van der Waals surface area contributed by atoms with Gasteiger partial charge in [0.2, 0.25) is 10.0 Å². The number of anilines is 1. The Morgan fingerprint density at radius 1 is 1.16 bits per heavy atom. The molecule has 1 saturated heterocycles. The van der Waals surface area contributed by atoms with Crippen molar-refractivity contribution in [2.24, 2.45) is 0 Å². The van der Waals surface area contributed by atoms with Crippen molar-refractivity contribution in [3.8, 4) is 5.75 Å². The van der Waals surface area contributed by atoms with Gasteiger partial charge >= 0.3 is 0 Å². The predicted octanol–water partition coefficient (Wildman–Crippen LogP) is 1.73. The summed E-state index contributed by atoms with van der Waals surface area (Å²) in [6, 6.07) is 7.81. The number of ether oxygens (including phenoxy) is 1. The fraction of sp³-hybridized carbons (Fsp3) is 0.471. The van der Waals surface area contributed by atoms with Gasteiger partial charge in [-0.15, -0.1) is 0 Å². The van der Waals surface area contributed by atoms with Gasteiger partial charge in [0.1, 0.15) is 10.6 Å². The number of hydrogen-bond donors (Lipinski definition) is 0. The highest BCUT2D eigenvalue weighted by Gasteiger charge is 2.31. The molecule has 2 heterocycles. The first kappa shape index (κ1) is 17.8. The highest BCUT2D eigenvalue weighted by Crippen LogP contribution is 2.29. The molecule has 1 fully saturated rings. The van der Waals surface area contributed by atoms with Gasteiger partial charge in [-0.2, -0.15) is 9.40 Å². The van der Waals surface area contributed by atoms with Gasteiger partial charge in [-0.05, 0) is 26.0 Å². The van der Waals surface area contributed by atoms with Crippen molar-refractivity contribution in [2.75, 3.05) is 38.2 Å². The van der Waals surface area contributed by atoms with Crippen LogP contribution in [0.25, 0.3) is 0 Å². The second-order valence-electron chi connectivity index (χ2n) is 6.00. The Labute approximate surface area is 148 Å². The van der Waals surface area contributed by atoms with E-state index < -0.39 is 10.0 Å². The maximum atomic E-state index is 12.9. The van der Waals surface area contributed by atoms with Crippen LogP contribution in [-0.4, -0.2) is 55.8 Å². The van der Waals surface area contributed by atoms with Crippen LogP contribution in [0, 0.1) is 6.92 Å². The molecule has 7 nitrogen and oxygen atoms in total. The summed E-state index contributed by atoms with van der Waals surface area (Å²) in [5, 5.41) is 4.26. The molecule has 0 atom stereocenters. The molecule has 0 N–H and O–H groups in total. The van der Waals surface area contributed by atoms with E-state index in [-0.39, 0.29) is 0 Å². The molecule has 0 radical (unpaired) electrons. The van der Waals surface area contributed by atoms with Crippen LogP contribution < -0.4 is 9.64 Å². The molecule has 0 aliphatic carbocycles. The van der Waals surface area contributed by atoms with Gasteiger partial charge in [0, 0.05) is 38.9 Å². The number of benzene rings is 1. The molecule has 2 aromatic rings. The molecule has 8 heteroatoms. The zero-order chi connectivity index (χ0) is 18.0. The topological polar surface area (TPSA) is 67.7 Å². The van der Waals surface area contributed by atoms with Crippen molar-refractivity contribution in [3.05, 3.63) is 36.2 Å². The van der Waals surface area contributed by atoms with Gasteiger partial charge < -0.3 is 9.64 Å². The minimum absolute atomic E-state index is 0.306. The van der Waals surface area contributed by atoms with Crippen molar-refractivity contribution >= 4 is 15.7 Å². The van der Waals surface area contributed by atoms with Gasteiger partial charge in [0.25, 0.3) is 0 Å². The van der Waals surface area contributed by atoms with Crippen LogP contribution in [0.2, 0.25) is 0 Å². The van der Waals surface area contributed by atoms with E-state index in [2.05, 4.69) is 10.00 Å². The molecule has 0 amide bonds. The number of hydrogen-bond acceptors (Lipinski definition) is 5. The fourth-order valence-corrected chi connectivity index (χ4v) is 4.71. The summed E-state index contributed by atoms with van der Waals surface area (Å²) < 4.78 is 34.5. The van der Waals surface area contributed by atoms with E-state index in [0.717, 1.165) is 11.4 Å². The van der Waals surface area contributed by atoms with Crippen LogP contribution in [-0.2, 0) is 16.6 Å². The number of aryl methyl sites for hydroxylation is 2. The zero-order valence-electron chi connectivity index (χ0n) is 14.8. The molecule has 1 aliphatic rings. The first-order valence-corrected chi connectivity index (χ1v) is 9.83. The molecule has 0 bridgehead atoms. The van der Waals surface area contributed by atoms with Crippen LogP contribution in [0.4, 0.5) is 5.69 Å². The van der Waals surface area contributed by atoms with E-state index in [1.807, 2.05) is 31.2 Å². The van der Waals surface area contributed by atoms with Crippen molar-refractivity contribution < 1.29 is 13.2 Å². The minimum atomic E-state index is -3.51. The molecule has 1 aromatic heterocycles. The summed E-state index contributed by atoms with van der Waals surface area (Å²) in [5.74, 6) is 0.805. The standard InChI is InChI=1S/C17H24N4O3S/c1-4-20-13-17(14(2)18-20)25(22,23)21-11-9-19(10-12-21)15-7-5-6-8-16(15)24-3/h5-8,13H,4,9-12H2,1-3H3. The second kappa shape index (κ2) is 7.05. The largest absolute Gasteiger partial charge is 0.495 e. The van der Waals surface area contributed by atoms with Gasteiger partial charge in [0.05, 0.1) is 18.5 Å². The lowest BCUT2D eigenvalue weighted by atomic mass is 10.2. The van der Waals surface area contributed by atoms with E-state index in [9.17, 15) is 8.42 Å². The van der Waals surface area contributed by atoms with Crippen LogP contribution in [0.3, 0.4) is 0 Å². The highest BCUT2D eigenvalue weighted by atomic mass is 32.2. The van der Waals surface area contributed by atoms with E-state index in [0.29, 0.717) is 43.3 Å². The summed E-state index contributed by atoms with van der Waals surface area (Å²) in [5.41, 5.74) is 1.55. The highest BCUT2D eigenvalue weighted by molar-refractivity contribution is 7.89. The molecule has 0 spiro atoms. The van der Waals surface area contributed by atoms with Crippen molar-refractivity contribution in [3.63, 3.8) is 0 Å². The fourth-order valence-electron chi connectivity index (χ4n) is 3.11. The maximum absolute atomic E-state index is 12.9. The zero-order valence-corrected chi connectivity index (χ0v) is 15.7. The second-order valence-corrected chi connectivity index (χ2v) is 7.90. The van der Waals surface area contributed by atoms with Crippen LogP contribution in [0.15, 0.2) is 35.4 Å². The number of aromatic nitrogens is 2. The predicted molar refractivity (Wildman–Crippen MR) is 96.6 cm³/mol. The third-order valence-electron chi connectivity index (χ3n) is 4.51. The van der Waals surface area contributed by atoms with Crippen LogP contribution in [0.1, 0.15) is 12.6 Å². The summed E-state index contributed by atoms with van der Waals surface area (Å²) in [7, 11) is -1.86. The Morgan fingerprint density at radius 3 is 2.44 bits per heavy atom. The SMILES string of the molecule is CCn1cc(S(=O)(=O)N2CCN(c3ccccc3OC)CC2)c(C)n1. The normalized spacial score (nSPS) is 16.2. The number of nitrogens with zero attached hydrogens (tertiary/aromatic N) is 4. The molecule has 1 aromatic carbocycles. The van der Waals surface area contributed by atoms with Crippen LogP contribution >= 0.6 is 0 Å². The van der Waals surface area contributed by atoms with Crippen molar-refractivity contribution in [1.82, 2.24) is 14.1 Å². The van der Waals surface area contributed by atoms with Gasteiger partial charge in [-0.25, -0.2) is 8.42 Å².